The maximum absolute atomic E-state index is 4.98. The fourth-order valence-corrected chi connectivity index (χ4v) is 4.12. The van der Waals surface area contributed by atoms with Gasteiger partial charge in [-0.1, -0.05) is 13.3 Å². The Bertz CT molecular complexity index is 650. The predicted molar refractivity (Wildman–Crippen MR) is 92.5 cm³/mol. The van der Waals surface area contributed by atoms with Crippen molar-refractivity contribution in [3.63, 3.8) is 0 Å². The van der Waals surface area contributed by atoms with Gasteiger partial charge in [0.25, 0.3) is 0 Å². The highest BCUT2D eigenvalue weighted by Crippen LogP contribution is 2.32. The lowest BCUT2D eigenvalue weighted by Crippen LogP contribution is -2.36. The SMILES string of the molecule is CCN1CCC(n2c(C3CCCCN3)nc3cccnc32)CC1. The summed E-state index contributed by atoms with van der Waals surface area (Å²) in [6, 6.07) is 5.03. The molecule has 23 heavy (non-hydrogen) atoms. The normalized spacial score (nSPS) is 24.3. The van der Waals surface area contributed by atoms with Crippen molar-refractivity contribution in [3.05, 3.63) is 24.2 Å². The van der Waals surface area contributed by atoms with Gasteiger partial charge in [0.2, 0.25) is 0 Å². The van der Waals surface area contributed by atoms with Crippen molar-refractivity contribution in [2.75, 3.05) is 26.2 Å². The largest absolute Gasteiger partial charge is 0.308 e. The molecular formula is C18H27N5. The molecule has 124 valence electrons. The number of pyridine rings is 1. The van der Waals surface area contributed by atoms with Gasteiger partial charge in [-0.15, -0.1) is 0 Å². The maximum Gasteiger partial charge on any atom is 0.160 e. The van der Waals surface area contributed by atoms with Crippen LogP contribution in [0, 0.1) is 0 Å². The molecule has 2 aromatic heterocycles. The molecule has 0 aromatic carbocycles. The van der Waals surface area contributed by atoms with Gasteiger partial charge in [-0.05, 0) is 50.9 Å². The molecule has 2 fully saturated rings. The Morgan fingerprint density at radius 1 is 1.22 bits per heavy atom. The number of hydrogen-bond acceptors (Lipinski definition) is 4. The second kappa shape index (κ2) is 6.57. The van der Waals surface area contributed by atoms with Gasteiger partial charge < -0.3 is 14.8 Å². The van der Waals surface area contributed by atoms with Gasteiger partial charge in [0.1, 0.15) is 11.3 Å². The lowest BCUT2D eigenvalue weighted by molar-refractivity contribution is 0.192. The minimum absolute atomic E-state index is 0.391. The summed E-state index contributed by atoms with van der Waals surface area (Å²) < 4.78 is 2.46. The Hall–Kier alpha value is -1.46. The van der Waals surface area contributed by atoms with E-state index in [-0.39, 0.29) is 0 Å². The van der Waals surface area contributed by atoms with Gasteiger partial charge in [-0.2, -0.15) is 0 Å². The molecule has 2 aliphatic heterocycles. The van der Waals surface area contributed by atoms with Crippen molar-refractivity contribution in [2.45, 2.75) is 51.1 Å². The van der Waals surface area contributed by atoms with E-state index in [0.29, 0.717) is 12.1 Å². The Labute approximate surface area is 138 Å². The van der Waals surface area contributed by atoms with Crippen molar-refractivity contribution in [1.82, 2.24) is 24.8 Å². The summed E-state index contributed by atoms with van der Waals surface area (Å²) in [4.78, 5) is 12.2. The molecule has 0 spiro atoms. The molecule has 5 nitrogen and oxygen atoms in total. The van der Waals surface area contributed by atoms with Gasteiger partial charge >= 0.3 is 0 Å². The average molecular weight is 313 g/mol. The Kier molecular flexibility index (Phi) is 4.31. The van der Waals surface area contributed by atoms with Crippen LogP contribution >= 0.6 is 0 Å². The van der Waals surface area contributed by atoms with Crippen molar-refractivity contribution >= 4 is 11.2 Å². The Morgan fingerprint density at radius 3 is 2.83 bits per heavy atom. The van der Waals surface area contributed by atoms with Gasteiger partial charge in [0, 0.05) is 25.3 Å². The third-order valence-corrected chi connectivity index (χ3v) is 5.47. The zero-order chi connectivity index (χ0) is 15.6. The number of hydrogen-bond donors (Lipinski definition) is 1. The highest BCUT2D eigenvalue weighted by Gasteiger charge is 2.28. The standard InChI is InChI=1S/C18H27N5/c1-2-22-12-8-14(9-13-22)23-17-16(7-5-11-20-17)21-18(23)15-6-3-4-10-19-15/h5,7,11,14-15,19H,2-4,6,8-10,12-13H2,1H3. The fourth-order valence-electron chi connectivity index (χ4n) is 4.12. The first-order valence-electron chi connectivity index (χ1n) is 9.15. The van der Waals surface area contributed by atoms with E-state index >= 15 is 0 Å². The molecule has 0 radical (unpaired) electrons. The summed E-state index contributed by atoms with van der Waals surface area (Å²) in [6.45, 7) is 6.89. The van der Waals surface area contributed by atoms with Crippen LogP contribution in [0.25, 0.3) is 11.2 Å². The maximum atomic E-state index is 4.98. The fraction of sp³-hybridized carbons (Fsp3) is 0.667. The number of rotatable bonds is 3. The van der Waals surface area contributed by atoms with E-state index in [1.54, 1.807) is 0 Å². The van der Waals surface area contributed by atoms with Crippen molar-refractivity contribution in [3.8, 4) is 0 Å². The summed E-state index contributed by atoms with van der Waals surface area (Å²) in [6.07, 6.45) is 8.08. The molecule has 4 heterocycles. The van der Waals surface area contributed by atoms with Crippen LogP contribution in [0.3, 0.4) is 0 Å². The highest BCUT2D eigenvalue weighted by molar-refractivity contribution is 5.71. The van der Waals surface area contributed by atoms with Crippen LogP contribution in [0.1, 0.15) is 56.9 Å². The summed E-state index contributed by atoms with van der Waals surface area (Å²) in [5, 5.41) is 3.67. The molecule has 0 bridgehead atoms. The molecule has 1 N–H and O–H groups in total. The minimum atomic E-state index is 0.391. The number of fused-ring (bicyclic) bond motifs is 1. The second-order valence-electron chi connectivity index (χ2n) is 6.85. The second-order valence-corrected chi connectivity index (χ2v) is 6.85. The third-order valence-electron chi connectivity index (χ3n) is 5.47. The predicted octanol–water partition coefficient (Wildman–Crippen LogP) is 2.90. The van der Waals surface area contributed by atoms with Crippen molar-refractivity contribution in [1.29, 1.82) is 0 Å². The average Bonchev–Trinajstić information content (AvgIpc) is 3.02. The molecule has 1 atom stereocenters. The molecular weight excluding hydrogens is 286 g/mol. The summed E-state index contributed by atoms with van der Waals surface area (Å²) in [7, 11) is 0. The lowest BCUT2D eigenvalue weighted by Gasteiger charge is -2.34. The monoisotopic (exact) mass is 313 g/mol. The minimum Gasteiger partial charge on any atom is -0.308 e. The zero-order valence-corrected chi connectivity index (χ0v) is 14.0. The molecule has 4 rings (SSSR count). The van der Waals surface area contributed by atoms with Crippen molar-refractivity contribution in [2.24, 2.45) is 0 Å². The molecule has 2 aromatic rings. The first-order valence-corrected chi connectivity index (χ1v) is 9.15. The van der Waals surface area contributed by atoms with E-state index in [4.69, 9.17) is 4.98 Å². The molecule has 0 saturated carbocycles. The Morgan fingerprint density at radius 2 is 2.09 bits per heavy atom. The van der Waals surface area contributed by atoms with Gasteiger partial charge in [0.05, 0.1) is 6.04 Å². The first kappa shape index (κ1) is 15.1. The smallest absolute Gasteiger partial charge is 0.160 e. The van der Waals surface area contributed by atoms with Crippen LogP contribution in [0.5, 0.6) is 0 Å². The number of piperidine rings is 2. The topological polar surface area (TPSA) is 46.0 Å². The van der Waals surface area contributed by atoms with Crippen LogP contribution in [0.4, 0.5) is 0 Å². The zero-order valence-electron chi connectivity index (χ0n) is 14.0. The van der Waals surface area contributed by atoms with Gasteiger partial charge in [-0.25, -0.2) is 9.97 Å². The summed E-state index contributed by atoms with van der Waals surface area (Å²) in [5.41, 5.74) is 2.12. The molecule has 5 heteroatoms. The van der Waals surface area contributed by atoms with E-state index in [1.807, 2.05) is 12.3 Å². The van der Waals surface area contributed by atoms with Crippen molar-refractivity contribution < 1.29 is 0 Å². The van der Waals surface area contributed by atoms with E-state index in [1.165, 1.54) is 51.0 Å². The number of imidazole rings is 1. The molecule has 0 amide bonds. The molecule has 2 saturated heterocycles. The van der Waals surface area contributed by atoms with E-state index in [0.717, 1.165) is 24.3 Å². The molecule has 0 aliphatic carbocycles. The number of nitrogens with one attached hydrogen (secondary N) is 1. The summed E-state index contributed by atoms with van der Waals surface area (Å²) in [5.74, 6) is 1.22. The first-order chi connectivity index (χ1) is 11.4. The lowest BCUT2D eigenvalue weighted by atomic mass is 10.0. The molecule has 2 aliphatic rings. The number of nitrogens with zero attached hydrogens (tertiary/aromatic N) is 4. The van der Waals surface area contributed by atoms with Crippen LogP contribution < -0.4 is 5.32 Å². The Balaban J connectivity index is 1.71. The van der Waals surface area contributed by atoms with Crippen LogP contribution in [-0.4, -0.2) is 45.6 Å². The van der Waals surface area contributed by atoms with Gasteiger partial charge in [0.15, 0.2) is 5.65 Å². The van der Waals surface area contributed by atoms with Gasteiger partial charge in [-0.3, -0.25) is 0 Å². The van der Waals surface area contributed by atoms with E-state index in [9.17, 15) is 0 Å². The van der Waals surface area contributed by atoms with Crippen LogP contribution in [0.15, 0.2) is 18.3 Å². The number of likely N-dealkylation sites (tertiary alicyclic amines) is 1. The molecule has 1 unspecified atom stereocenters. The quantitative estimate of drug-likeness (QED) is 0.946. The van der Waals surface area contributed by atoms with Crippen LogP contribution in [-0.2, 0) is 0 Å². The highest BCUT2D eigenvalue weighted by atomic mass is 15.2. The number of aromatic nitrogens is 3. The third kappa shape index (κ3) is 2.88. The van der Waals surface area contributed by atoms with E-state index in [2.05, 4.69) is 32.8 Å². The van der Waals surface area contributed by atoms with E-state index < -0.39 is 0 Å². The summed E-state index contributed by atoms with van der Waals surface area (Å²) >= 11 is 0. The van der Waals surface area contributed by atoms with Crippen LogP contribution in [0.2, 0.25) is 0 Å².